The molecule has 1 saturated heterocycles. The van der Waals surface area contributed by atoms with Crippen molar-refractivity contribution in [3.8, 4) is 0 Å². The highest BCUT2D eigenvalue weighted by atomic mass is 32.1. The number of hydrogen-bond donors (Lipinski definition) is 1. The van der Waals surface area contributed by atoms with Crippen molar-refractivity contribution in [1.82, 2.24) is 15.2 Å². The molecule has 2 heterocycles. The Bertz CT molecular complexity index is 348. The topological polar surface area (TPSA) is 28.2 Å². The molecular weight excluding hydrogens is 230 g/mol. The largest absolute Gasteiger partial charge is 0.311 e. The Morgan fingerprint density at radius 1 is 1.59 bits per heavy atom. The number of nitrogens with zero attached hydrogens (tertiary/aromatic N) is 2. The second-order valence-electron chi connectivity index (χ2n) is 5.42. The van der Waals surface area contributed by atoms with Gasteiger partial charge in [-0.2, -0.15) is 0 Å². The summed E-state index contributed by atoms with van der Waals surface area (Å²) in [6.07, 6.45) is 3.10. The summed E-state index contributed by atoms with van der Waals surface area (Å²) < 4.78 is 0. The van der Waals surface area contributed by atoms with Crippen LogP contribution in [0.1, 0.15) is 39.1 Å². The van der Waals surface area contributed by atoms with Crippen molar-refractivity contribution in [2.75, 3.05) is 13.1 Å². The van der Waals surface area contributed by atoms with E-state index in [1.165, 1.54) is 11.4 Å². The highest BCUT2D eigenvalue weighted by Gasteiger charge is 2.38. The van der Waals surface area contributed by atoms with Gasteiger partial charge in [0.05, 0.1) is 5.54 Å². The highest BCUT2D eigenvalue weighted by molar-refractivity contribution is 7.09. The minimum Gasteiger partial charge on any atom is -0.311 e. The molecule has 3 nitrogen and oxygen atoms in total. The molecule has 17 heavy (non-hydrogen) atoms. The van der Waals surface area contributed by atoms with E-state index < -0.39 is 0 Å². The minimum absolute atomic E-state index is 0.0468. The van der Waals surface area contributed by atoms with E-state index in [-0.39, 0.29) is 5.54 Å². The maximum Gasteiger partial charge on any atom is 0.112 e. The third-order valence-corrected chi connectivity index (χ3v) is 4.84. The second kappa shape index (κ2) is 5.04. The van der Waals surface area contributed by atoms with Crippen molar-refractivity contribution >= 4 is 11.3 Å². The van der Waals surface area contributed by atoms with Gasteiger partial charge in [-0.3, -0.25) is 4.90 Å². The summed E-state index contributed by atoms with van der Waals surface area (Å²) in [5.41, 5.74) is 0.0468. The third-order valence-electron chi connectivity index (χ3n) is 3.76. The fourth-order valence-electron chi connectivity index (χ4n) is 2.65. The van der Waals surface area contributed by atoms with Crippen LogP contribution < -0.4 is 5.32 Å². The number of piperazine rings is 1. The van der Waals surface area contributed by atoms with Crippen molar-refractivity contribution < 1.29 is 0 Å². The van der Waals surface area contributed by atoms with Gasteiger partial charge in [-0.05, 0) is 27.2 Å². The molecule has 1 fully saturated rings. The van der Waals surface area contributed by atoms with E-state index in [1.54, 1.807) is 11.3 Å². The first-order valence-electron chi connectivity index (χ1n) is 6.45. The van der Waals surface area contributed by atoms with Crippen molar-refractivity contribution in [1.29, 1.82) is 0 Å². The fourth-order valence-corrected chi connectivity index (χ4v) is 3.43. The summed E-state index contributed by atoms with van der Waals surface area (Å²) in [7, 11) is 0. The number of aromatic nitrogens is 1. The molecule has 2 rings (SSSR count). The molecule has 0 saturated carbocycles. The van der Waals surface area contributed by atoms with Crippen LogP contribution in [0.25, 0.3) is 0 Å². The Hall–Kier alpha value is -0.450. The van der Waals surface area contributed by atoms with Gasteiger partial charge in [0, 0.05) is 36.8 Å². The smallest absolute Gasteiger partial charge is 0.112 e. The van der Waals surface area contributed by atoms with E-state index in [4.69, 9.17) is 0 Å². The molecule has 1 aromatic heterocycles. The first-order chi connectivity index (χ1) is 8.05. The lowest BCUT2D eigenvalue weighted by Gasteiger charge is -2.47. The normalized spacial score (nSPS) is 27.3. The first-order valence-corrected chi connectivity index (χ1v) is 7.33. The molecule has 0 aliphatic carbocycles. The zero-order valence-corrected chi connectivity index (χ0v) is 12.0. The third kappa shape index (κ3) is 2.54. The van der Waals surface area contributed by atoms with E-state index in [0.29, 0.717) is 12.1 Å². The molecule has 0 spiro atoms. The predicted molar refractivity (Wildman–Crippen MR) is 73.4 cm³/mol. The van der Waals surface area contributed by atoms with Gasteiger partial charge in [0.1, 0.15) is 5.01 Å². The van der Waals surface area contributed by atoms with E-state index in [1.807, 2.05) is 6.20 Å². The van der Waals surface area contributed by atoms with Gasteiger partial charge < -0.3 is 5.32 Å². The highest BCUT2D eigenvalue weighted by Crippen LogP contribution is 2.32. The van der Waals surface area contributed by atoms with Gasteiger partial charge in [0.2, 0.25) is 0 Å². The molecule has 0 radical (unpaired) electrons. The molecular formula is C13H23N3S. The molecule has 4 heteroatoms. The summed E-state index contributed by atoms with van der Waals surface area (Å²) in [6.45, 7) is 11.3. The molecule has 0 bridgehead atoms. The lowest BCUT2D eigenvalue weighted by atomic mass is 9.96. The summed E-state index contributed by atoms with van der Waals surface area (Å²) in [6, 6.07) is 1.18. The Kier molecular flexibility index (Phi) is 3.85. The Morgan fingerprint density at radius 3 is 2.94 bits per heavy atom. The fraction of sp³-hybridized carbons (Fsp3) is 0.769. The van der Waals surface area contributed by atoms with Crippen LogP contribution in [0.2, 0.25) is 0 Å². The molecule has 1 aromatic rings. The zero-order valence-electron chi connectivity index (χ0n) is 11.2. The van der Waals surface area contributed by atoms with Gasteiger partial charge in [-0.25, -0.2) is 4.98 Å². The Morgan fingerprint density at radius 2 is 2.35 bits per heavy atom. The van der Waals surface area contributed by atoms with Crippen LogP contribution in [0.15, 0.2) is 11.6 Å². The number of thiazole rings is 1. The first kappa shape index (κ1) is 13.0. The molecule has 0 amide bonds. The molecule has 2 unspecified atom stereocenters. The number of nitrogens with one attached hydrogen (secondary N) is 1. The second-order valence-corrected chi connectivity index (χ2v) is 6.31. The average Bonchev–Trinajstić information content (AvgIpc) is 2.83. The SMILES string of the molecule is CCC1CNC(C)CN1C(C)(C)c1nccs1. The minimum atomic E-state index is 0.0468. The van der Waals surface area contributed by atoms with Crippen molar-refractivity contribution in [2.24, 2.45) is 0 Å². The van der Waals surface area contributed by atoms with E-state index in [0.717, 1.165) is 13.1 Å². The van der Waals surface area contributed by atoms with Crippen LogP contribution >= 0.6 is 11.3 Å². The van der Waals surface area contributed by atoms with E-state index in [9.17, 15) is 0 Å². The Balaban J connectivity index is 2.23. The van der Waals surface area contributed by atoms with Gasteiger partial charge in [0.15, 0.2) is 0 Å². The standard InChI is InChI=1S/C13H23N3S/c1-5-11-8-15-10(2)9-16(11)13(3,4)12-14-6-7-17-12/h6-7,10-11,15H,5,8-9H2,1-4H3. The summed E-state index contributed by atoms with van der Waals surface area (Å²) >= 11 is 1.76. The van der Waals surface area contributed by atoms with Crippen LogP contribution in [0.5, 0.6) is 0 Å². The molecule has 2 atom stereocenters. The lowest BCUT2D eigenvalue weighted by Crippen LogP contribution is -2.60. The quantitative estimate of drug-likeness (QED) is 0.897. The van der Waals surface area contributed by atoms with Crippen LogP contribution in [0.3, 0.4) is 0 Å². The summed E-state index contributed by atoms with van der Waals surface area (Å²) in [5, 5.41) is 6.87. The van der Waals surface area contributed by atoms with E-state index >= 15 is 0 Å². The monoisotopic (exact) mass is 253 g/mol. The maximum absolute atomic E-state index is 4.51. The number of rotatable bonds is 3. The molecule has 96 valence electrons. The van der Waals surface area contributed by atoms with E-state index in [2.05, 4.69) is 48.3 Å². The van der Waals surface area contributed by atoms with Gasteiger partial charge in [-0.1, -0.05) is 6.92 Å². The lowest BCUT2D eigenvalue weighted by molar-refractivity contribution is 0.0292. The molecule has 1 aliphatic rings. The van der Waals surface area contributed by atoms with Crippen LogP contribution in [0, 0.1) is 0 Å². The molecule has 1 N–H and O–H groups in total. The zero-order chi connectivity index (χ0) is 12.5. The van der Waals surface area contributed by atoms with Gasteiger partial charge in [0.25, 0.3) is 0 Å². The van der Waals surface area contributed by atoms with Crippen LogP contribution in [-0.4, -0.2) is 35.1 Å². The molecule has 0 aromatic carbocycles. The Labute approximate surface area is 108 Å². The van der Waals surface area contributed by atoms with Gasteiger partial charge in [-0.15, -0.1) is 11.3 Å². The average molecular weight is 253 g/mol. The maximum atomic E-state index is 4.51. The van der Waals surface area contributed by atoms with Gasteiger partial charge >= 0.3 is 0 Å². The number of hydrogen-bond acceptors (Lipinski definition) is 4. The molecule has 1 aliphatic heterocycles. The summed E-state index contributed by atoms with van der Waals surface area (Å²) in [5.74, 6) is 0. The summed E-state index contributed by atoms with van der Waals surface area (Å²) in [4.78, 5) is 7.13. The van der Waals surface area contributed by atoms with Crippen molar-refractivity contribution in [3.63, 3.8) is 0 Å². The van der Waals surface area contributed by atoms with Crippen molar-refractivity contribution in [2.45, 2.75) is 51.7 Å². The predicted octanol–water partition coefficient (Wildman–Crippen LogP) is 2.45. The van der Waals surface area contributed by atoms with Crippen LogP contribution in [-0.2, 0) is 5.54 Å². The van der Waals surface area contributed by atoms with Crippen molar-refractivity contribution in [3.05, 3.63) is 16.6 Å². The van der Waals surface area contributed by atoms with Crippen LogP contribution in [0.4, 0.5) is 0 Å².